The van der Waals surface area contributed by atoms with Crippen LogP contribution in [0.5, 0.6) is 5.75 Å². The van der Waals surface area contributed by atoms with E-state index >= 15 is 0 Å². The first-order valence-corrected chi connectivity index (χ1v) is 7.72. The summed E-state index contributed by atoms with van der Waals surface area (Å²) in [6.45, 7) is 2.06. The van der Waals surface area contributed by atoms with Gasteiger partial charge < -0.3 is 4.74 Å². The van der Waals surface area contributed by atoms with Gasteiger partial charge in [-0.2, -0.15) is 0 Å². The normalized spacial score (nSPS) is 18.5. The van der Waals surface area contributed by atoms with E-state index < -0.39 is 5.82 Å². The van der Waals surface area contributed by atoms with Crippen LogP contribution in [-0.2, 0) is 6.42 Å². The Morgan fingerprint density at radius 2 is 1.95 bits per heavy atom. The molecule has 2 aromatic carbocycles. The number of halogens is 3. The molecular formula is C16H13BrClFO. The molecule has 1 nitrogen and oxygen atoms in total. The second-order valence-corrected chi connectivity index (χ2v) is 6.36. The number of hydrogen-bond donors (Lipinski definition) is 0. The number of rotatable bonds is 2. The number of fused-ring (bicyclic) bond motifs is 1. The zero-order chi connectivity index (χ0) is 14.3. The van der Waals surface area contributed by atoms with Crippen molar-refractivity contribution in [1.29, 1.82) is 0 Å². The Bertz CT molecular complexity index is 659. The van der Waals surface area contributed by atoms with Crippen molar-refractivity contribution in [2.24, 2.45) is 0 Å². The molecule has 0 saturated carbocycles. The lowest BCUT2D eigenvalue weighted by Gasteiger charge is -2.12. The van der Waals surface area contributed by atoms with Crippen LogP contribution >= 0.6 is 27.5 Å². The van der Waals surface area contributed by atoms with E-state index in [9.17, 15) is 4.39 Å². The molecule has 1 aliphatic rings. The summed E-state index contributed by atoms with van der Waals surface area (Å²) >= 11 is 9.50. The third-order valence-electron chi connectivity index (χ3n) is 3.45. The van der Waals surface area contributed by atoms with Gasteiger partial charge in [-0.05, 0) is 41.8 Å². The fourth-order valence-electron chi connectivity index (χ4n) is 2.46. The second-order valence-electron chi connectivity index (χ2n) is 5.04. The van der Waals surface area contributed by atoms with Crippen molar-refractivity contribution in [1.82, 2.24) is 0 Å². The molecule has 0 aromatic heterocycles. The van der Waals surface area contributed by atoms with Crippen LogP contribution in [0.15, 0.2) is 36.4 Å². The van der Waals surface area contributed by atoms with Crippen LogP contribution in [0.1, 0.15) is 28.4 Å². The predicted octanol–water partition coefficient (Wildman–Crippen LogP) is 5.29. The van der Waals surface area contributed by atoms with Gasteiger partial charge >= 0.3 is 0 Å². The standard InChI is InChI=1S/C16H13BrClFO/c1-9-6-12-7-10(3-5-15(12)20-9)16(17)11-2-4-14(19)13(18)8-11/h2-5,7-9,16H,6H2,1H3. The zero-order valence-corrected chi connectivity index (χ0v) is 13.2. The molecule has 0 saturated heterocycles. The molecule has 0 fully saturated rings. The lowest BCUT2D eigenvalue weighted by molar-refractivity contribution is 0.254. The highest BCUT2D eigenvalue weighted by atomic mass is 79.9. The molecule has 1 aliphatic heterocycles. The number of alkyl halides is 1. The van der Waals surface area contributed by atoms with Crippen LogP contribution < -0.4 is 4.74 Å². The van der Waals surface area contributed by atoms with E-state index in [1.165, 1.54) is 11.6 Å². The van der Waals surface area contributed by atoms with Crippen molar-refractivity contribution in [3.8, 4) is 5.75 Å². The van der Waals surface area contributed by atoms with Crippen LogP contribution in [0.3, 0.4) is 0 Å². The van der Waals surface area contributed by atoms with E-state index in [1.54, 1.807) is 12.1 Å². The summed E-state index contributed by atoms with van der Waals surface area (Å²) in [6.07, 6.45) is 1.15. The summed E-state index contributed by atoms with van der Waals surface area (Å²) < 4.78 is 18.9. The summed E-state index contributed by atoms with van der Waals surface area (Å²) in [5.41, 5.74) is 3.26. The molecule has 0 N–H and O–H groups in total. The Morgan fingerprint density at radius 3 is 2.70 bits per heavy atom. The summed E-state index contributed by atoms with van der Waals surface area (Å²) in [4.78, 5) is -0.0122. The predicted molar refractivity (Wildman–Crippen MR) is 82.4 cm³/mol. The van der Waals surface area contributed by atoms with Gasteiger partial charge in [-0.25, -0.2) is 4.39 Å². The molecule has 2 atom stereocenters. The van der Waals surface area contributed by atoms with Crippen molar-refractivity contribution in [3.63, 3.8) is 0 Å². The van der Waals surface area contributed by atoms with Crippen molar-refractivity contribution < 1.29 is 9.13 Å². The highest BCUT2D eigenvalue weighted by Gasteiger charge is 2.21. The molecule has 0 aliphatic carbocycles. The van der Waals surface area contributed by atoms with Crippen molar-refractivity contribution in [2.45, 2.75) is 24.3 Å². The third kappa shape index (κ3) is 2.57. The maximum Gasteiger partial charge on any atom is 0.141 e. The summed E-state index contributed by atoms with van der Waals surface area (Å²) in [7, 11) is 0. The van der Waals surface area contributed by atoms with E-state index in [1.807, 2.05) is 12.1 Å². The van der Waals surface area contributed by atoms with E-state index in [0.29, 0.717) is 0 Å². The molecule has 0 spiro atoms. The molecule has 104 valence electrons. The monoisotopic (exact) mass is 354 g/mol. The van der Waals surface area contributed by atoms with E-state index in [4.69, 9.17) is 16.3 Å². The largest absolute Gasteiger partial charge is 0.490 e. The molecule has 3 rings (SSSR count). The molecule has 0 radical (unpaired) electrons. The maximum atomic E-state index is 13.2. The van der Waals surface area contributed by atoms with Gasteiger partial charge in [0.2, 0.25) is 0 Å². The van der Waals surface area contributed by atoms with Gasteiger partial charge in [-0.3, -0.25) is 0 Å². The van der Waals surface area contributed by atoms with Gasteiger partial charge in [0.25, 0.3) is 0 Å². The fourth-order valence-corrected chi connectivity index (χ4v) is 3.22. The fraction of sp³-hybridized carbons (Fsp3) is 0.250. The minimum absolute atomic E-state index is 0.0122. The van der Waals surface area contributed by atoms with E-state index in [2.05, 4.69) is 28.9 Å². The lowest BCUT2D eigenvalue weighted by atomic mass is 10.0. The van der Waals surface area contributed by atoms with Gasteiger partial charge in [-0.15, -0.1) is 0 Å². The molecule has 1 heterocycles. The van der Waals surface area contributed by atoms with Crippen LogP contribution in [-0.4, -0.2) is 6.10 Å². The SMILES string of the molecule is CC1Cc2cc(C(Br)c3ccc(F)c(Cl)c3)ccc2O1. The molecule has 4 heteroatoms. The van der Waals surface area contributed by atoms with Crippen LogP contribution in [0.2, 0.25) is 5.02 Å². The molecule has 2 aromatic rings. The summed E-state index contributed by atoms with van der Waals surface area (Å²) in [5.74, 6) is 0.560. The van der Waals surface area contributed by atoms with Crippen molar-refractivity contribution >= 4 is 27.5 Å². The zero-order valence-electron chi connectivity index (χ0n) is 10.9. The van der Waals surface area contributed by atoms with Crippen LogP contribution in [0.25, 0.3) is 0 Å². The Morgan fingerprint density at radius 1 is 1.25 bits per heavy atom. The average Bonchev–Trinajstić information content (AvgIpc) is 2.80. The highest BCUT2D eigenvalue weighted by Crippen LogP contribution is 2.37. The number of hydrogen-bond acceptors (Lipinski definition) is 1. The van der Waals surface area contributed by atoms with Gasteiger partial charge in [-0.1, -0.05) is 45.7 Å². The average molecular weight is 356 g/mol. The second kappa shape index (κ2) is 5.38. The topological polar surface area (TPSA) is 9.23 Å². The molecule has 0 bridgehead atoms. The minimum Gasteiger partial charge on any atom is -0.490 e. The Balaban J connectivity index is 1.93. The van der Waals surface area contributed by atoms with E-state index in [0.717, 1.165) is 23.3 Å². The van der Waals surface area contributed by atoms with Gasteiger partial charge in [0.05, 0.1) is 9.85 Å². The van der Waals surface area contributed by atoms with Gasteiger partial charge in [0, 0.05) is 6.42 Å². The Hall–Kier alpha value is -1.06. The quantitative estimate of drug-likeness (QED) is 0.665. The summed E-state index contributed by atoms with van der Waals surface area (Å²) in [6, 6.07) is 10.9. The van der Waals surface area contributed by atoms with Gasteiger partial charge in [0.1, 0.15) is 17.7 Å². The lowest BCUT2D eigenvalue weighted by Crippen LogP contribution is -2.05. The first kappa shape index (κ1) is 13.9. The maximum absolute atomic E-state index is 13.2. The van der Waals surface area contributed by atoms with Crippen molar-refractivity contribution in [2.75, 3.05) is 0 Å². The molecular weight excluding hydrogens is 343 g/mol. The smallest absolute Gasteiger partial charge is 0.141 e. The molecule has 0 amide bonds. The van der Waals surface area contributed by atoms with E-state index in [-0.39, 0.29) is 16.0 Å². The molecule has 20 heavy (non-hydrogen) atoms. The minimum atomic E-state index is -0.397. The molecule has 2 unspecified atom stereocenters. The van der Waals surface area contributed by atoms with Gasteiger partial charge in [0.15, 0.2) is 0 Å². The Labute approximate surface area is 130 Å². The number of benzene rings is 2. The first-order valence-electron chi connectivity index (χ1n) is 6.43. The number of ether oxygens (including phenoxy) is 1. The third-order valence-corrected chi connectivity index (χ3v) is 4.80. The van der Waals surface area contributed by atoms with Crippen LogP contribution in [0, 0.1) is 5.82 Å². The summed E-state index contributed by atoms with van der Waals surface area (Å²) in [5, 5.41) is 0.144. The first-order chi connectivity index (χ1) is 9.54. The van der Waals surface area contributed by atoms with Crippen LogP contribution in [0.4, 0.5) is 4.39 Å². The highest BCUT2D eigenvalue weighted by molar-refractivity contribution is 9.09. The van der Waals surface area contributed by atoms with Crippen molar-refractivity contribution in [3.05, 3.63) is 63.9 Å². The Kier molecular flexibility index (Phi) is 3.74.